The highest BCUT2D eigenvalue weighted by Gasteiger charge is 2.32. The maximum Gasteiger partial charge on any atom is 0.310 e. The zero-order chi connectivity index (χ0) is 26.9. The van der Waals surface area contributed by atoms with Gasteiger partial charge in [-0.25, -0.2) is 0 Å². The highest BCUT2D eigenvalue weighted by Crippen LogP contribution is 2.29. The number of likely N-dealkylation sites (N-methyl/N-ethyl adjacent to an activating group) is 1. The average Bonchev–Trinajstić information content (AvgIpc) is 3.24. The van der Waals surface area contributed by atoms with Crippen LogP contribution >= 0.6 is 0 Å². The van der Waals surface area contributed by atoms with E-state index in [9.17, 15) is 9.59 Å². The van der Waals surface area contributed by atoms with Gasteiger partial charge in [-0.3, -0.25) is 9.59 Å². The highest BCUT2D eigenvalue weighted by atomic mass is 16.2. The van der Waals surface area contributed by atoms with E-state index in [0.717, 1.165) is 18.4 Å². The smallest absolute Gasteiger partial charge is 0.310 e. The first-order valence-corrected chi connectivity index (χ1v) is 13.1. The number of nitrogens with two attached hydrogens (primary N) is 1. The van der Waals surface area contributed by atoms with Crippen LogP contribution in [-0.4, -0.2) is 73.5 Å². The van der Waals surface area contributed by atoms with Gasteiger partial charge in [0.15, 0.2) is 0 Å². The van der Waals surface area contributed by atoms with Crippen LogP contribution in [0.5, 0.6) is 0 Å². The number of carbonyl (C=O) groups excluding carboxylic acids is 2. The topological polar surface area (TPSA) is 95.1 Å². The molecule has 2 atom stereocenters. The van der Waals surface area contributed by atoms with Crippen molar-refractivity contribution in [3.8, 4) is 6.07 Å². The third-order valence-corrected chi connectivity index (χ3v) is 6.78. The van der Waals surface area contributed by atoms with Crippen LogP contribution in [0.3, 0.4) is 0 Å². The van der Waals surface area contributed by atoms with Gasteiger partial charge in [0, 0.05) is 45.0 Å². The van der Waals surface area contributed by atoms with Gasteiger partial charge < -0.3 is 26.2 Å². The van der Waals surface area contributed by atoms with Crippen molar-refractivity contribution in [2.24, 2.45) is 5.73 Å². The van der Waals surface area contributed by atoms with Crippen LogP contribution in [0.1, 0.15) is 50.7 Å². The Hall–Kier alpha value is -3.57. The van der Waals surface area contributed by atoms with E-state index in [1.165, 1.54) is 11.8 Å². The lowest BCUT2D eigenvalue weighted by atomic mass is 9.89. The molecule has 8 heteroatoms. The number of likely N-dealkylation sites (tertiary alicyclic amines) is 1. The van der Waals surface area contributed by atoms with Crippen molar-refractivity contribution in [1.29, 1.82) is 0 Å². The molecule has 1 aromatic carbocycles. The Bertz CT molecular complexity index is 1100. The van der Waals surface area contributed by atoms with Crippen molar-refractivity contribution >= 4 is 11.8 Å². The van der Waals surface area contributed by atoms with Crippen molar-refractivity contribution in [1.82, 2.24) is 20.4 Å². The second-order valence-electron chi connectivity index (χ2n) is 10.1. The second-order valence-corrected chi connectivity index (χ2v) is 10.1. The van der Waals surface area contributed by atoms with E-state index >= 15 is 0 Å². The molecule has 2 heterocycles. The number of carbonyl (C=O) groups is 2. The fourth-order valence-electron chi connectivity index (χ4n) is 4.91. The largest absolute Gasteiger partial charge is 0.404 e. The van der Waals surface area contributed by atoms with Gasteiger partial charge in [-0.05, 0) is 49.5 Å². The van der Waals surface area contributed by atoms with E-state index in [4.69, 9.17) is 5.73 Å². The molecule has 4 N–H and O–H groups in total. The molecule has 0 bridgehead atoms. The van der Waals surface area contributed by atoms with Crippen LogP contribution in [0.2, 0.25) is 0 Å². The zero-order valence-corrected chi connectivity index (χ0v) is 22.7. The van der Waals surface area contributed by atoms with Gasteiger partial charge in [0.2, 0.25) is 0 Å². The fraction of sp³-hybridized carbons (Fsp3) is 0.483. The van der Waals surface area contributed by atoms with E-state index in [-0.39, 0.29) is 23.9 Å². The maximum atomic E-state index is 13.3. The third-order valence-electron chi connectivity index (χ3n) is 6.78. The summed E-state index contributed by atoms with van der Waals surface area (Å²) in [6.45, 7) is 8.13. The Morgan fingerprint density at radius 2 is 1.84 bits per heavy atom. The lowest BCUT2D eigenvalue weighted by Crippen LogP contribution is -2.41. The van der Waals surface area contributed by atoms with Crippen LogP contribution < -0.4 is 16.4 Å². The molecule has 2 aliphatic heterocycles. The number of nitrogens with one attached hydrogen (secondary N) is 2. The molecule has 0 aromatic heterocycles. The highest BCUT2D eigenvalue weighted by molar-refractivity contribution is 5.97. The first kappa shape index (κ1) is 28.0. The molecular weight excluding hydrogens is 464 g/mol. The van der Waals surface area contributed by atoms with Crippen LogP contribution in [0.15, 0.2) is 60.0 Å². The molecule has 198 valence electrons. The Labute approximate surface area is 221 Å². The quantitative estimate of drug-likeness (QED) is 0.373. The maximum absolute atomic E-state index is 13.3. The summed E-state index contributed by atoms with van der Waals surface area (Å²) in [5, 5.41) is 6.35. The standard InChI is InChI=1S/C29H40N6O2/c1-20(2)32-21(3)6-9-25(17-30)28(36)33-26-16-27(34(5)19-26)29(37)35-14-12-24(13-15-35)23-10-7-22(8-11-23)18-31-4/h6-11,16-17,20-21,24,26,32H,12-15,19H2,1-5H3,(H2-,30,33,36)/p+1/b9-6-. The number of amides is 2. The molecule has 0 spiro atoms. The molecule has 0 radical (unpaired) electrons. The molecule has 2 amide bonds. The molecular formula is C29H41N6O2+. The summed E-state index contributed by atoms with van der Waals surface area (Å²) in [4.78, 5) is 33.9. The molecule has 3 rings (SSSR count). The third kappa shape index (κ3) is 7.70. The summed E-state index contributed by atoms with van der Waals surface area (Å²) in [5.74, 6) is 0.199. The molecule has 1 fully saturated rings. The van der Waals surface area contributed by atoms with Crippen molar-refractivity contribution in [2.45, 2.75) is 57.7 Å². The number of hydrogen-bond acceptors (Lipinski definition) is 5. The molecule has 1 aromatic rings. The molecule has 2 unspecified atom stereocenters. The number of piperidine rings is 1. The Morgan fingerprint density at radius 3 is 2.43 bits per heavy atom. The van der Waals surface area contributed by atoms with Gasteiger partial charge in [0.1, 0.15) is 11.3 Å². The van der Waals surface area contributed by atoms with E-state index in [1.807, 2.05) is 48.1 Å². The van der Waals surface area contributed by atoms with Crippen LogP contribution in [0.25, 0.3) is 4.85 Å². The summed E-state index contributed by atoms with van der Waals surface area (Å²) in [6.07, 6.45) is 8.67. The Kier molecular flexibility index (Phi) is 9.93. The lowest BCUT2D eigenvalue weighted by molar-refractivity contribution is -0.129. The predicted molar refractivity (Wildman–Crippen MR) is 149 cm³/mol. The normalized spacial score (nSPS) is 19.6. The van der Waals surface area contributed by atoms with Gasteiger partial charge >= 0.3 is 6.07 Å². The van der Waals surface area contributed by atoms with Gasteiger partial charge in [0.05, 0.1) is 11.6 Å². The summed E-state index contributed by atoms with van der Waals surface area (Å²) >= 11 is 0. The summed E-state index contributed by atoms with van der Waals surface area (Å²) in [6, 6.07) is 11.5. The average molecular weight is 506 g/mol. The minimum atomic E-state index is -0.259. The summed E-state index contributed by atoms with van der Waals surface area (Å²) in [5.41, 5.74) is 9.01. The van der Waals surface area contributed by atoms with Crippen molar-refractivity contribution in [3.63, 3.8) is 0 Å². The number of hydrogen-bond donors (Lipinski definition) is 3. The monoisotopic (exact) mass is 505 g/mol. The van der Waals surface area contributed by atoms with E-state index in [0.29, 0.717) is 42.9 Å². The van der Waals surface area contributed by atoms with E-state index < -0.39 is 0 Å². The van der Waals surface area contributed by atoms with E-state index in [1.54, 1.807) is 13.1 Å². The van der Waals surface area contributed by atoms with Crippen LogP contribution in [0.4, 0.5) is 0 Å². The minimum absolute atomic E-state index is 0.0184. The first-order chi connectivity index (χ1) is 17.7. The van der Waals surface area contributed by atoms with Gasteiger partial charge in [-0.2, -0.15) is 0 Å². The van der Waals surface area contributed by atoms with Gasteiger partial charge in [-0.15, -0.1) is 0 Å². The first-order valence-electron chi connectivity index (χ1n) is 13.1. The zero-order valence-electron chi connectivity index (χ0n) is 22.7. The number of nitrogens with zero attached hydrogens (tertiary/aromatic N) is 3. The van der Waals surface area contributed by atoms with Crippen molar-refractivity contribution in [2.75, 3.05) is 33.7 Å². The lowest BCUT2D eigenvalue weighted by Gasteiger charge is -2.33. The predicted octanol–water partition coefficient (Wildman–Crippen LogP) is 2.80. The molecule has 37 heavy (non-hydrogen) atoms. The molecule has 0 aliphatic carbocycles. The van der Waals surface area contributed by atoms with E-state index in [2.05, 4.69) is 47.5 Å². The van der Waals surface area contributed by atoms with Gasteiger partial charge in [0.25, 0.3) is 18.9 Å². The van der Waals surface area contributed by atoms with Crippen molar-refractivity contribution in [3.05, 3.63) is 75.9 Å². The van der Waals surface area contributed by atoms with Gasteiger partial charge in [-0.1, -0.05) is 43.0 Å². The number of benzene rings is 1. The SMILES string of the molecule is C[N+]#Cc1ccc(C2CCN(C(=O)C3=CC(NC(=O)C(/C=C\C(C)NC(C)C)=C/N)CN3C)CC2)cc1. The van der Waals surface area contributed by atoms with Crippen LogP contribution in [-0.2, 0) is 9.59 Å². The Morgan fingerprint density at radius 1 is 1.16 bits per heavy atom. The summed E-state index contributed by atoms with van der Waals surface area (Å²) in [7, 11) is 3.60. The minimum Gasteiger partial charge on any atom is -0.404 e. The molecule has 0 saturated carbocycles. The second kappa shape index (κ2) is 13.1. The summed E-state index contributed by atoms with van der Waals surface area (Å²) < 4.78 is 0. The fourth-order valence-corrected chi connectivity index (χ4v) is 4.91. The Balaban J connectivity index is 1.55. The molecule has 2 aliphatic rings. The molecule has 8 nitrogen and oxygen atoms in total. The molecule has 1 saturated heterocycles. The number of rotatable bonds is 8. The van der Waals surface area contributed by atoms with Crippen molar-refractivity contribution < 1.29 is 9.59 Å². The van der Waals surface area contributed by atoms with Crippen LogP contribution in [0, 0.1) is 6.07 Å².